The number of nitrogens with two attached hydrogens (primary N) is 1. The highest BCUT2D eigenvalue weighted by atomic mass is 31.2. The first-order valence-electron chi connectivity index (χ1n) is 2.75. The third-order valence-electron chi connectivity index (χ3n) is 0.500. The first-order valence-corrected chi connectivity index (χ1v) is 4.44. The predicted octanol–water partition coefficient (Wildman–Crippen LogP) is 0.844. The standard InChI is InChI=1S/C4H10.H4NO3P/c1-3-4-2;1-5(2,3)4/h3-4H2,1-2H3;(H4,1,2,3,4). The average molecular weight is 155 g/mol. The number of hydrogen-bond acceptors (Lipinski definition) is 1. The molecule has 0 aromatic rings. The van der Waals surface area contributed by atoms with Crippen LogP contribution in [0.1, 0.15) is 26.7 Å². The van der Waals surface area contributed by atoms with Crippen LogP contribution in [0.2, 0.25) is 0 Å². The zero-order chi connectivity index (χ0) is 7.91. The lowest BCUT2D eigenvalue weighted by Crippen LogP contribution is -1.87. The van der Waals surface area contributed by atoms with Gasteiger partial charge in [0.1, 0.15) is 0 Å². The summed E-state index contributed by atoms with van der Waals surface area (Å²) >= 11 is 0. The van der Waals surface area contributed by atoms with Crippen molar-refractivity contribution < 1.29 is 14.4 Å². The van der Waals surface area contributed by atoms with Gasteiger partial charge in [-0.25, -0.2) is 10.1 Å². The highest BCUT2D eigenvalue weighted by Gasteiger charge is 1.96. The second-order valence-corrected chi connectivity index (χ2v) is 2.77. The summed E-state index contributed by atoms with van der Waals surface area (Å²) in [5.41, 5.74) is 4.02. The van der Waals surface area contributed by atoms with Crippen molar-refractivity contribution in [1.82, 2.24) is 0 Å². The van der Waals surface area contributed by atoms with Crippen molar-refractivity contribution >= 4 is 7.75 Å². The summed E-state index contributed by atoms with van der Waals surface area (Å²) in [4.78, 5) is 14.8. The van der Waals surface area contributed by atoms with Gasteiger partial charge in [-0.3, -0.25) is 0 Å². The fourth-order valence-corrected chi connectivity index (χ4v) is 0. The molecule has 0 unspecified atom stereocenters. The molecule has 0 saturated heterocycles. The largest absolute Gasteiger partial charge is 0.397 e. The zero-order valence-electron chi connectivity index (χ0n) is 5.74. The normalized spacial score (nSPS) is 9.89. The molecule has 0 saturated carbocycles. The summed E-state index contributed by atoms with van der Waals surface area (Å²) in [6.45, 7) is 4.36. The van der Waals surface area contributed by atoms with E-state index in [2.05, 4.69) is 19.4 Å². The van der Waals surface area contributed by atoms with Crippen molar-refractivity contribution in [2.75, 3.05) is 0 Å². The fourth-order valence-electron chi connectivity index (χ4n) is 0. The Kier molecular flexibility index (Phi) is 8.21. The van der Waals surface area contributed by atoms with Gasteiger partial charge in [0, 0.05) is 0 Å². The molecule has 0 heterocycles. The second kappa shape index (κ2) is 6.23. The van der Waals surface area contributed by atoms with Crippen LogP contribution in [0.4, 0.5) is 0 Å². The van der Waals surface area contributed by atoms with E-state index in [1.807, 2.05) is 0 Å². The molecule has 0 atom stereocenters. The summed E-state index contributed by atoms with van der Waals surface area (Å²) in [5.74, 6) is 0. The van der Waals surface area contributed by atoms with Gasteiger partial charge in [-0.2, -0.15) is 0 Å². The minimum Gasteiger partial charge on any atom is -0.313 e. The van der Waals surface area contributed by atoms with Crippen molar-refractivity contribution in [2.24, 2.45) is 5.50 Å². The average Bonchev–Trinajstić information content (AvgIpc) is 1.61. The molecule has 5 heteroatoms. The number of unbranched alkanes of at least 4 members (excludes halogenated alkanes) is 1. The molecule has 0 radical (unpaired) electrons. The Bertz CT molecular complexity index is 79.5. The van der Waals surface area contributed by atoms with Crippen molar-refractivity contribution in [3.8, 4) is 0 Å². The molecule has 0 fully saturated rings. The third kappa shape index (κ3) is 246. The summed E-state index contributed by atoms with van der Waals surface area (Å²) in [6, 6.07) is 0. The molecule has 4 N–H and O–H groups in total. The quantitative estimate of drug-likeness (QED) is 0.490. The summed E-state index contributed by atoms with van der Waals surface area (Å²) in [5, 5.41) is 0. The van der Waals surface area contributed by atoms with Crippen LogP contribution in [0.5, 0.6) is 0 Å². The molecule has 0 rings (SSSR count). The Morgan fingerprint density at radius 1 is 1.33 bits per heavy atom. The van der Waals surface area contributed by atoms with E-state index >= 15 is 0 Å². The molecule has 0 aromatic heterocycles. The second-order valence-electron chi connectivity index (χ2n) is 1.59. The van der Waals surface area contributed by atoms with E-state index in [0.717, 1.165) is 0 Å². The van der Waals surface area contributed by atoms with Crippen LogP contribution in [0, 0.1) is 0 Å². The van der Waals surface area contributed by atoms with Crippen molar-refractivity contribution in [3.63, 3.8) is 0 Å². The number of rotatable bonds is 1. The predicted molar refractivity (Wildman–Crippen MR) is 36.8 cm³/mol. The molecule has 58 valence electrons. The van der Waals surface area contributed by atoms with Gasteiger partial charge in [0.15, 0.2) is 0 Å². The molecule has 4 nitrogen and oxygen atoms in total. The lowest BCUT2D eigenvalue weighted by atomic mass is 10.4. The fraction of sp³-hybridized carbons (Fsp3) is 1.00. The SMILES string of the molecule is CCCC.NP(=O)(O)O. The molecule has 0 aliphatic heterocycles. The zero-order valence-corrected chi connectivity index (χ0v) is 6.64. The Morgan fingerprint density at radius 2 is 1.44 bits per heavy atom. The lowest BCUT2D eigenvalue weighted by Gasteiger charge is -1.84. The van der Waals surface area contributed by atoms with Crippen molar-refractivity contribution in [2.45, 2.75) is 26.7 Å². The third-order valence-corrected chi connectivity index (χ3v) is 0.500. The highest BCUT2D eigenvalue weighted by molar-refractivity contribution is 7.49. The van der Waals surface area contributed by atoms with Gasteiger partial charge in [-0.05, 0) is 0 Å². The van der Waals surface area contributed by atoms with E-state index in [0.29, 0.717) is 0 Å². The maximum atomic E-state index is 9.10. The minimum atomic E-state index is -4.14. The Labute approximate surface area is 55.3 Å². The number of hydrogen-bond donors (Lipinski definition) is 3. The highest BCUT2D eigenvalue weighted by Crippen LogP contribution is 2.20. The molecule has 0 aliphatic carbocycles. The van der Waals surface area contributed by atoms with Gasteiger partial charge in [0.05, 0.1) is 0 Å². The Hall–Kier alpha value is 0.110. The summed E-state index contributed by atoms with van der Waals surface area (Å²) in [6.07, 6.45) is 2.64. The van der Waals surface area contributed by atoms with Gasteiger partial charge < -0.3 is 9.79 Å². The monoisotopic (exact) mass is 155 g/mol. The van der Waals surface area contributed by atoms with E-state index in [1.54, 1.807) is 0 Å². The van der Waals surface area contributed by atoms with E-state index in [9.17, 15) is 0 Å². The van der Waals surface area contributed by atoms with Crippen molar-refractivity contribution in [3.05, 3.63) is 0 Å². The molecule has 0 bridgehead atoms. The first-order chi connectivity index (χ1) is 3.91. The van der Waals surface area contributed by atoms with Crippen LogP contribution in [0.3, 0.4) is 0 Å². The summed E-state index contributed by atoms with van der Waals surface area (Å²) < 4.78 is 9.10. The topological polar surface area (TPSA) is 83.6 Å². The van der Waals surface area contributed by atoms with E-state index in [4.69, 9.17) is 14.4 Å². The molecule has 0 amide bonds. The van der Waals surface area contributed by atoms with Crippen LogP contribution < -0.4 is 5.50 Å². The molecular formula is C4H14NO3P. The van der Waals surface area contributed by atoms with E-state index in [-0.39, 0.29) is 0 Å². The molecular weight excluding hydrogens is 141 g/mol. The molecule has 0 aliphatic rings. The van der Waals surface area contributed by atoms with Crippen LogP contribution >= 0.6 is 7.75 Å². The molecule has 0 aromatic carbocycles. The maximum absolute atomic E-state index is 9.10. The van der Waals surface area contributed by atoms with Gasteiger partial charge in [-0.15, -0.1) is 0 Å². The van der Waals surface area contributed by atoms with Crippen LogP contribution in [-0.2, 0) is 4.57 Å². The first kappa shape index (κ1) is 11.9. The van der Waals surface area contributed by atoms with Gasteiger partial charge in [0.25, 0.3) is 0 Å². The van der Waals surface area contributed by atoms with E-state index in [1.165, 1.54) is 12.8 Å². The summed E-state index contributed by atoms with van der Waals surface area (Å²) in [7, 11) is -4.14. The minimum absolute atomic E-state index is 1.32. The lowest BCUT2D eigenvalue weighted by molar-refractivity contribution is 0.374. The van der Waals surface area contributed by atoms with E-state index < -0.39 is 7.75 Å². The maximum Gasteiger partial charge on any atom is 0.397 e. The van der Waals surface area contributed by atoms with Gasteiger partial charge in [0.2, 0.25) is 0 Å². The van der Waals surface area contributed by atoms with Crippen molar-refractivity contribution in [1.29, 1.82) is 0 Å². The van der Waals surface area contributed by atoms with Crippen LogP contribution in [-0.4, -0.2) is 9.79 Å². The molecule has 0 spiro atoms. The smallest absolute Gasteiger partial charge is 0.313 e. The van der Waals surface area contributed by atoms with Crippen LogP contribution in [0.15, 0.2) is 0 Å². The van der Waals surface area contributed by atoms with Gasteiger partial charge >= 0.3 is 7.75 Å². The van der Waals surface area contributed by atoms with Crippen LogP contribution in [0.25, 0.3) is 0 Å². The Morgan fingerprint density at radius 3 is 1.44 bits per heavy atom. The van der Waals surface area contributed by atoms with Gasteiger partial charge in [-0.1, -0.05) is 26.7 Å². The Balaban J connectivity index is 0. The molecule has 9 heavy (non-hydrogen) atoms.